The molecule has 0 fully saturated rings. The van der Waals surface area contributed by atoms with E-state index in [1.54, 1.807) is 0 Å². The zero-order valence-electron chi connectivity index (χ0n) is 17.6. The first-order valence-electron chi connectivity index (χ1n) is 9.09. The van der Waals surface area contributed by atoms with E-state index in [1.165, 1.54) is 56.7 Å². The Hall–Kier alpha value is -2.03. The van der Waals surface area contributed by atoms with Gasteiger partial charge in [-0.2, -0.15) is 0 Å². The molecule has 0 aliphatic heterocycles. The average Bonchev–Trinajstić information content (AvgIpc) is 2.65. The van der Waals surface area contributed by atoms with Gasteiger partial charge in [0.25, 0.3) is 0 Å². The van der Waals surface area contributed by atoms with Gasteiger partial charge in [0.05, 0.1) is 23.4 Å². The maximum Gasteiger partial charge on any atom is 0.242 e. The first-order chi connectivity index (χ1) is 13.4. The quantitative estimate of drug-likeness (QED) is 0.665. The molecule has 6 nitrogen and oxygen atoms in total. The molecule has 0 heterocycles. The number of hydrogen-bond donors (Lipinski definition) is 1. The number of sulfonamides is 1. The van der Waals surface area contributed by atoms with E-state index in [9.17, 15) is 13.2 Å². The van der Waals surface area contributed by atoms with Crippen molar-refractivity contribution in [3.63, 3.8) is 0 Å². The number of rotatable bonds is 7. The van der Waals surface area contributed by atoms with Gasteiger partial charge >= 0.3 is 0 Å². The first-order valence-corrected chi connectivity index (χ1v) is 11.5. The summed E-state index contributed by atoms with van der Waals surface area (Å²) in [7, 11) is 0.774. The molecule has 8 heteroatoms. The molecular weight excluding hydrogens is 408 g/mol. The molecule has 0 spiro atoms. The lowest BCUT2D eigenvalue weighted by molar-refractivity contribution is -0.113. The van der Waals surface area contributed by atoms with Crippen molar-refractivity contribution in [1.82, 2.24) is 4.31 Å². The monoisotopic (exact) mass is 436 g/mol. The summed E-state index contributed by atoms with van der Waals surface area (Å²) in [6.45, 7) is 6.46. The number of nitrogens with zero attached hydrogens (tertiary/aromatic N) is 1. The molecule has 0 aliphatic carbocycles. The number of thioether (sulfide) groups is 1. The molecule has 0 radical (unpaired) electrons. The van der Waals surface area contributed by atoms with Crippen LogP contribution in [0.25, 0.3) is 0 Å². The second-order valence-electron chi connectivity index (χ2n) is 7.76. The number of methoxy groups -OCH3 is 1. The molecule has 2 aromatic carbocycles. The number of carbonyl (C=O) groups excluding carboxylic acids is 1. The number of nitrogens with one attached hydrogen (secondary N) is 1. The third-order valence-electron chi connectivity index (χ3n) is 4.31. The van der Waals surface area contributed by atoms with Gasteiger partial charge in [0.2, 0.25) is 15.9 Å². The zero-order valence-corrected chi connectivity index (χ0v) is 19.3. The largest absolute Gasteiger partial charge is 0.495 e. The van der Waals surface area contributed by atoms with Gasteiger partial charge in [-0.1, -0.05) is 32.9 Å². The fourth-order valence-corrected chi connectivity index (χ4v) is 4.17. The Balaban J connectivity index is 2.10. The highest BCUT2D eigenvalue weighted by atomic mass is 32.2. The molecule has 1 N–H and O–H groups in total. The van der Waals surface area contributed by atoms with Gasteiger partial charge in [-0.3, -0.25) is 4.79 Å². The van der Waals surface area contributed by atoms with Crippen molar-refractivity contribution in [1.29, 1.82) is 0 Å². The number of anilines is 1. The normalized spacial score (nSPS) is 12.1. The van der Waals surface area contributed by atoms with Gasteiger partial charge in [0.15, 0.2) is 0 Å². The molecule has 0 saturated carbocycles. The van der Waals surface area contributed by atoms with Crippen LogP contribution in [0.5, 0.6) is 5.75 Å². The van der Waals surface area contributed by atoms with E-state index < -0.39 is 10.0 Å². The third-order valence-corrected chi connectivity index (χ3v) is 7.14. The van der Waals surface area contributed by atoms with E-state index in [4.69, 9.17) is 4.74 Å². The van der Waals surface area contributed by atoms with Crippen LogP contribution in [0.4, 0.5) is 5.69 Å². The van der Waals surface area contributed by atoms with Gasteiger partial charge in [-0.25, -0.2) is 12.7 Å². The predicted molar refractivity (Wildman–Crippen MR) is 118 cm³/mol. The second kappa shape index (κ2) is 9.19. The van der Waals surface area contributed by atoms with Crippen molar-refractivity contribution < 1.29 is 17.9 Å². The Morgan fingerprint density at radius 2 is 1.72 bits per heavy atom. The number of hydrogen-bond acceptors (Lipinski definition) is 5. The van der Waals surface area contributed by atoms with E-state index in [1.807, 2.05) is 12.1 Å². The summed E-state index contributed by atoms with van der Waals surface area (Å²) in [5.41, 5.74) is 1.63. The van der Waals surface area contributed by atoms with Crippen LogP contribution < -0.4 is 10.1 Å². The number of amides is 1. The van der Waals surface area contributed by atoms with Crippen LogP contribution in [-0.4, -0.2) is 45.6 Å². The lowest BCUT2D eigenvalue weighted by atomic mass is 9.87. The second-order valence-corrected chi connectivity index (χ2v) is 11.0. The van der Waals surface area contributed by atoms with E-state index in [0.717, 1.165) is 9.20 Å². The van der Waals surface area contributed by atoms with Gasteiger partial charge in [0.1, 0.15) is 5.75 Å². The highest BCUT2D eigenvalue weighted by Gasteiger charge is 2.20. The van der Waals surface area contributed by atoms with Crippen LogP contribution in [0.1, 0.15) is 26.3 Å². The molecule has 2 aromatic rings. The van der Waals surface area contributed by atoms with Crippen LogP contribution in [0.2, 0.25) is 0 Å². The number of carbonyl (C=O) groups is 1. The Morgan fingerprint density at radius 1 is 1.10 bits per heavy atom. The third kappa shape index (κ3) is 5.98. The summed E-state index contributed by atoms with van der Waals surface area (Å²) in [6.07, 6.45) is 0. The lowest BCUT2D eigenvalue weighted by Gasteiger charge is -2.19. The molecule has 2 rings (SSSR count). The Labute approximate surface area is 177 Å². The van der Waals surface area contributed by atoms with Crippen molar-refractivity contribution in [2.45, 2.75) is 36.0 Å². The smallest absolute Gasteiger partial charge is 0.242 e. The van der Waals surface area contributed by atoms with Crippen LogP contribution in [-0.2, 0) is 20.2 Å². The van der Waals surface area contributed by atoms with Crippen molar-refractivity contribution >= 4 is 33.4 Å². The van der Waals surface area contributed by atoms with E-state index in [0.29, 0.717) is 11.4 Å². The van der Waals surface area contributed by atoms with Gasteiger partial charge in [0, 0.05) is 19.0 Å². The van der Waals surface area contributed by atoms with Crippen LogP contribution in [0, 0.1) is 0 Å². The Morgan fingerprint density at radius 3 is 2.24 bits per heavy atom. The van der Waals surface area contributed by atoms with E-state index >= 15 is 0 Å². The lowest BCUT2D eigenvalue weighted by Crippen LogP contribution is -2.22. The standard InChI is InChI=1S/C21H28N2O4S2/c1-21(2,3)15-7-9-16(10-8-15)28-14-20(24)22-18-13-17(11-12-19(18)27-6)29(25,26)23(4)5/h7-13H,14H2,1-6H3,(H,22,24). The highest BCUT2D eigenvalue weighted by Crippen LogP contribution is 2.29. The SMILES string of the molecule is COc1ccc(S(=O)(=O)N(C)C)cc1NC(=O)CSc1ccc(C(C)(C)C)cc1. The summed E-state index contributed by atoms with van der Waals surface area (Å²) in [5.74, 6) is 0.353. The van der Waals surface area contributed by atoms with Crippen molar-refractivity contribution in [2.75, 3.05) is 32.3 Å². The maximum absolute atomic E-state index is 12.4. The first kappa shape index (κ1) is 23.3. The van der Waals surface area contributed by atoms with E-state index in [2.05, 4.69) is 38.2 Å². The minimum Gasteiger partial charge on any atom is -0.495 e. The number of ether oxygens (including phenoxy) is 1. The van der Waals surface area contributed by atoms with Crippen LogP contribution in [0.15, 0.2) is 52.3 Å². The van der Waals surface area contributed by atoms with Crippen molar-refractivity contribution in [3.05, 3.63) is 48.0 Å². The Bertz CT molecular complexity index is 963. The molecule has 158 valence electrons. The minimum absolute atomic E-state index is 0.0784. The topological polar surface area (TPSA) is 75.7 Å². The average molecular weight is 437 g/mol. The van der Waals surface area contributed by atoms with Crippen molar-refractivity contribution in [2.24, 2.45) is 0 Å². The van der Waals surface area contributed by atoms with Crippen LogP contribution >= 0.6 is 11.8 Å². The highest BCUT2D eigenvalue weighted by molar-refractivity contribution is 8.00. The summed E-state index contributed by atoms with van der Waals surface area (Å²) >= 11 is 1.42. The molecule has 0 aromatic heterocycles. The maximum atomic E-state index is 12.4. The molecule has 0 atom stereocenters. The fourth-order valence-electron chi connectivity index (χ4n) is 2.54. The molecule has 0 aliphatic rings. The number of benzene rings is 2. The Kier molecular flexibility index (Phi) is 7.37. The van der Waals surface area contributed by atoms with Gasteiger partial charge in [-0.15, -0.1) is 11.8 Å². The fraction of sp³-hybridized carbons (Fsp3) is 0.381. The molecule has 29 heavy (non-hydrogen) atoms. The molecule has 1 amide bonds. The van der Waals surface area contributed by atoms with Crippen molar-refractivity contribution in [3.8, 4) is 5.75 Å². The summed E-state index contributed by atoms with van der Waals surface area (Å²) < 4.78 is 31.1. The molecule has 0 saturated heterocycles. The molecule has 0 unspecified atom stereocenters. The zero-order chi connectivity index (χ0) is 21.8. The minimum atomic E-state index is -3.61. The van der Waals surface area contributed by atoms with Gasteiger partial charge < -0.3 is 10.1 Å². The van der Waals surface area contributed by atoms with Crippen LogP contribution in [0.3, 0.4) is 0 Å². The molecule has 0 bridgehead atoms. The van der Waals surface area contributed by atoms with E-state index in [-0.39, 0.29) is 22.0 Å². The summed E-state index contributed by atoms with van der Waals surface area (Å²) in [6, 6.07) is 12.5. The molecular formula is C21H28N2O4S2. The summed E-state index contributed by atoms with van der Waals surface area (Å²) in [5, 5.41) is 2.75. The predicted octanol–water partition coefficient (Wildman–Crippen LogP) is 3.97. The summed E-state index contributed by atoms with van der Waals surface area (Å²) in [4.78, 5) is 13.5. The van der Waals surface area contributed by atoms with Gasteiger partial charge in [-0.05, 0) is 41.3 Å².